The Labute approximate surface area is 124 Å². The number of anilines is 1. The fourth-order valence-electron chi connectivity index (χ4n) is 2.04. The summed E-state index contributed by atoms with van der Waals surface area (Å²) in [7, 11) is 1.97. The number of benzene rings is 1. The molecule has 2 rings (SSSR count). The second kappa shape index (κ2) is 6.74. The Morgan fingerprint density at radius 2 is 2.05 bits per heavy atom. The van der Waals surface area contributed by atoms with E-state index in [0.29, 0.717) is 19.0 Å². The highest BCUT2D eigenvalue weighted by atomic mass is 16.5. The Morgan fingerprint density at radius 1 is 1.29 bits per heavy atom. The molecule has 0 aliphatic heterocycles. The van der Waals surface area contributed by atoms with Crippen molar-refractivity contribution in [3.8, 4) is 5.88 Å². The monoisotopic (exact) mass is 284 g/mol. The molecule has 110 valence electrons. The van der Waals surface area contributed by atoms with Crippen LogP contribution in [-0.2, 0) is 6.54 Å². The van der Waals surface area contributed by atoms with E-state index in [9.17, 15) is 0 Å². The second-order valence-electron chi connectivity index (χ2n) is 4.74. The molecule has 1 heterocycles. The molecule has 0 radical (unpaired) electrons. The van der Waals surface area contributed by atoms with E-state index in [4.69, 9.17) is 15.9 Å². The van der Waals surface area contributed by atoms with Crippen LogP contribution in [0.1, 0.15) is 18.1 Å². The van der Waals surface area contributed by atoms with Crippen LogP contribution >= 0.6 is 0 Å². The van der Waals surface area contributed by atoms with E-state index in [1.807, 2.05) is 61.3 Å². The van der Waals surface area contributed by atoms with Crippen LogP contribution in [0.15, 0.2) is 42.5 Å². The molecule has 5 nitrogen and oxygen atoms in total. The van der Waals surface area contributed by atoms with Crippen LogP contribution in [0.25, 0.3) is 0 Å². The molecular formula is C16H20N4O. The molecule has 0 amide bonds. The molecule has 0 spiro atoms. The number of nitrogen functional groups attached to an aromatic ring is 1. The van der Waals surface area contributed by atoms with Crippen LogP contribution in [0.2, 0.25) is 0 Å². The molecule has 0 bridgehead atoms. The maximum absolute atomic E-state index is 7.49. The Bertz CT molecular complexity index is 627. The standard InChI is InChI=1S/C16H20N4O/c1-3-21-15-9-5-8-14(19-15)20(2)11-12-6-4-7-13(10-12)16(17)18/h4-10H,3,11H2,1-2H3,(H3,17,18). The second-order valence-corrected chi connectivity index (χ2v) is 4.74. The van der Waals surface area contributed by atoms with Crippen LogP contribution in [0.3, 0.4) is 0 Å². The number of nitrogens with zero attached hydrogens (tertiary/aromatic N) is 2. The van der Waals surface area contributed by atoms with E-state index in [0.717, 1.165) is 16.9 Å². The summed E-state index contributed by atoms with van der Waals surface area (Å²) in [6, 6.07) is 13.4. The molecule has 0 saturated carbocycles. The lowest BCUT2D eigenvalue weighted by molar-refractivity contribution is 0.327. The molecule has 2 aromatic rings. The number of ether oxygens (including phenoxy) is 1. The Balaban J connectivity index is 2.13. The molecule has 0 unspecified atom stereocenters. The maximum atomic E-state index is 7.49. The summed E-state index contributed by atoms with van der Waals surface area (Å²) in [6.45, 7) is 3.22. The molecule has 1 aromatic carbocycles. The first-order valence-electron chi connectivity index (χ1n) is 6.84. The van der Waals surface area contributed by atoms with Crippen LogP contribution in [0, 0.1) is 5.41 Å². The van der Waals surface area contributed by atoms with Gasteiger partial charge in [-0.3, -0.25) is 5.41 Å². The number of aromatic nitrogens is 1. The number of pyridine rings is 1. The van der Waals surface area contributed by atoms with Crippen molar-refractivity contribution >= 4 is 11.7 Å². The number of rotatable bonds is 6. The lowest BCUT2D eigenvalue weighted by Crippen LogP contribution is -2.18. The van der Waals surface area contributed by atoms with Crippen molar-refractivity contribution in [2.75, 3.05) is 18.6 Å². The third-order valence-corrected chi connectivity index (χ3v) is 3.05. The van der Waals surface area contributed by atoms with Gasteiger partial charge in [0.25, 0.3) is 0 Å². The van der Waals surface area contributed by atoms with Gasteiger partial charge in [0.2, 0.25) is 5.88 Å². The van der Waals surface area contributed by atoms with E-state index in [-0.39, 0.29) is 5.84 Å². The minimum Gasteiger partial charge on any atom is -0.478 e. The molecule has 0 fully saturated rings. The first-order valence-corrected chi connectivity index (χ1v) is 6.84. The van der Waals surface area contributed by atoms with Gasteiger partial charge in [-0.25, -0.2) is 0 Å². The van der Waals surface area contributed by atoms with Gasteiger partial charge in [0.05, 0.1) is 6.61 Å². The summed E-state index contributed by atoms with van der Waals surface area (Å²) in [6.07, 6.45) is 0. The summed E-state index contributed by atoms with van der Waals surface area (Å²) in [5.41, 5.74) is 7.33. The average Bonchev–Trinajstić information content (AvgIpc) is 2.48. The van der Waals surface area contributed by atoms with Crippen LogP contribution in [-0.4, -0.2) is 24.5 Å². The summed E-state index contributed by atoms with van der Waals surface area (Å²) in [5.74, 6) is 1.55. The third-order valence-electron chi connectivity index (χ3n) is 3.05. The summed E-state index contributed by atoms with van der Waals surface area (Å²) in [5, 5.41) is 7.49. The number of amidine groups is 1. The van der Waals surface area contributed by atoms with Crippen molar-refractivity contribution in [1.82, 2.24) is 4.98 Å². The molecule has 0 aliphatic carbocycles. The Kier molecular flexibility index (Phi) is 4.77. The van der Waals surface area contributed by atoms with Gasteiger partial charge in [-0.05, 0) is 24.6 Å². The summed E-state index contributed by atoms with van der Waals surface area (Å²) < 4.78 is 5.42. The van der Waals surface area contributed by atoms with E-state index >= 15 is 0 Å². The van der Waals surface area contributed by atoms with Crippen molar-refractivity contribution < 1.29 is 4.74 Å². The normalized spacial score (nSPS) is 10.2. The van der Waals surface area contributed by atoms with Crippen molar-refractivity contribution in [2.45, 2.75) is 13.5 Å². The molecule has 0 atom stereocenters. The Hall–Kier alpha value is -2.56. The van der Waals surface area contributed by atoms with E-state index < -0.39 is 0 Å². The van der Waals surface area contributed by atoms with Gasteiger partial charge < -0.3 is 15.4 Å². The van der Waals surface area contributed by atoms with Gasteiger partial charge in [0, 0.05) is 25.2 Å². The molecule has 1 aromatic heterocycles. The number of hydrogen-bond donors (Lipinski definition) is 2. The quantitative estimate of drug-likeness (QED) is 0.631. The van der Waals surface area contributed by atoms with E-state index in [2.05, 4.69) is 4.98 Å². The molecule has 5 heteroatoms. The molecular weight excluding hydrogens is 264 g/mol. The number of nitrogens with one attached hydrogen (secondary N) is 1. The molecule has 3 N–H and O–H groups in total. The highest BCUT2D eigenvalue weighted by molar-refractivity contribution is 5.95. The predicted octanol–water partition coefficient (Wildman–Crippen LogP) is 2.40. The Morgan fingerprint density at radius 3 is 2.76 bits per heavy atom. The predicted molar refractivity (Wildman–Crippen MR) is 85.0 cm³/mol. The van der Waals surface area contributed by atoms with Gasteiger partial charge in [-0.15, -0.1) is 0 Å². The first-order chi connectivity index (χ1) is 10.1. The van der Waals surface area contributed by atoms with E-state index in [1.54, 1.807) is 0 Å². The molecule has 21 heavy (non-hydrogen) atoms. The van der Waals surface area contributed by atoms with Gasteiger partial charge in [0.15, 0.2) is 0 Å². The zero-order chi connectivity index (χ0) is 15.2. The summed E-state index contributed by atoms with van der Waals surface area (Å²) >= 11 is 0. The van der Waals surface area contributed by atoms with Crippen molar-refractivity contribution in [3.05, 3.63) is 53.6 Å². The topological polar surface area (TPSA) is 75.2 Å². The zero-order valence-corrected chi connectivity index (χ0v) is 12.3. The average molecular weight is 284 g/mol. The first kappa shape index (κ1) is 14.8. The molecule has 0 aliphatic rings. The van der Waals surface area contributed by atoms with Gasteiger partial charge >= 0.3 is 0 Å². The van der Waals surface area contributed by atoms with Gasteiger partial charge in [0.1, 0.15) is 11.7 Å². The highest BCUT2D eigenvalue weighted by Crippen LogP contribution is 2.17. The van der Waals surface area contributed by atoms with Crippen LogP contribution < -0.4 is 15.4 Å². The maximum Gasteiger partial charge on any atom is 0.215 e. The summed E-state index contributed by atoms with van der Waals surface area (Å²) in [4.78, 5) is 6.48. The van der Waals surface area contributed by atoms with Gasteiger partial charge in [-0.2, -0.15) is 4.98 Å². The largest absolute Gasteiger partial charge is 0.478 e. The van der Waals surface area contributed by atoms with Crippen molar-refractivity contribution in [3.63, 3.8) is 0 Å². The van der Waals surface area contributed by atoms with Crippen LogP contribution in [0.4, 0.5) is 5.82 Å². The van der Waals surface area contributed by atoms with Gasteiger partial charge in [-0.1, -0.05) is 24.3 Å². The smallest absolute Gasteiger partial charge is 0.215 e. The third kappa shape index (κ3) is 3.95. The fourth-order valence-corrected chi connectivity index (χ4v) is 2.04. The van der Waals surface area contributed by atoms with Crippen molar-refractivity contribution in [1.29, 1.82) is 5.41 Å². The van der Waals surface area contributed by atoms with Crippen LogP contribution in [0.5, 0.6) is 5.88 Å². The fraction of sp³-hybridized carbons (Fsp3) is 0.250. The van der Waals surface area contributed by atoms with Crippen molar-refractivity contribution in [2.24, 2.45) is 5.73 Å². The lowest BCUT2D eigenvalue weighted by atomic mass is 10.1. The lowest BCUT2D eigenvalue weighted by Gasteiger charge is -2.19. The SMILES string of the molecule is CCOc1cccc(N(C)Cc2cccc(C(=N)N)c2)n1. The molecule has 0 saturated heterocycles. The minimum atomic E-state index is 0.0796. The minimum absolute atomic E-state index is 0.0796. The van der Waals surface area contributed by atoms with E-state index in [1.165, 1.54) is 0 Å². The zero-order valence-electron chi connectivity index (χ0n) is 12.3. The highest BCUT2D eigenvalue weighted by Gasteiger charge is 2.06. The number of nitrogens with two attached hydrogens (primary N) is 1. The number of hydrogen-bond acceptors (Lipinski definition) is 4.